The molecular formula is C26H41N3O2. The summed E-state index contributed by atoms with van der Waals surface area (Å²) in [6.07, 6.45) is 16.5. The Morgan fingerprint density at radius 3 is 2.55 bits per heavy atom. The predicted molar refractivity (Wildman–Crippen MR) is 121 cm³/mol. The van der Waals surface area contributed by atoms with Gasteiger partial charge in [0.25, 0.3) is 0 Å². The molecule has 6 aliphatic rings. The van der Waals surface area contributed by atoms with E-state index in [0.717, 1.165) is 48.6 Å². The van der Waals surface area contributed by atoms with Crippen LogP contribution < -0.4 is 11.1 Å². The number of nitrogens with zero attached hydrogens (tertiary/aromatic N) is 1. The third-order valence-electron chi connectivity index (χ3n) is 10.7. The van der Waals surface area contributed by atoms with Gasteiger partial charge in [0.1, 0.15) is 0 Å². The van der Waals surface area contributed by atoms with Crippen molar-refractivity contribution in [3.8, 4) is 0 Å². The van der Waals surface area contributed by atoms with Crippen molar-refractivity contribution in [1.82, 2.24) is 10.2 Å². The Morgan fingerprint density at radius 2 is 1.77 bits per heavy atom. The van der Waals surface area contributed by atoms with Crippen molar-refractivity contribution >= 4 is 6.03 Å². The molecule has 2 aliphatic heterocycles. The van der Waals surface area contributed by atoms with Crippen molar-refractivity contribution in [2.45, 2.75) is 69.7 Å². The quantitative estimate of drug-likeness (QED) is 0.656. The molecule has 8 atom stereocenters. The Balaban J connectivity index is 1.25. The van der Waals surface area contributed by atoms with Crippen molar-refractivity contribution in [1.29, 1.82) is 0 Å². The van der Waals surface area contributed by atoms with Crippen molar-refractivity contribution in [2.24, 2.45) is 47.2 Å². The number of fused-ring (bicyclic) bond motifs is 5. The summed E-state index contributed by atoms with van der Waals surface area (Å²) in [5.74, 6) is 6.40. The van der Waals surface area contributed by atoms with Crippen molar-refractivity contribution in [3.63, 3.8) is 0 Å². The van der Waals surface area contributed by atoms with Gasteiger partial charge < -0.3 is 20.7 Å². The third kappa shape index (κ3) is 3.20. The van der Waals surface area contributed by atoms with E-state index >= 15 is 0 Å². The van der Waals surface area contributed by atoms with Crippen LogP contribution in [0, 0.1) is 41.4 Å². The minimum absolute atomic E-state index is 0.250. The molecule has 2 amide bonds. The zero-order chi connectivity index (χ0) is 21.0. The fourth-order valence-corrected chi connectivity index (χ4v) is 9.58. The first-order valence-corrected chi connectivity index (χ1v) is 13.2. The van der Waals surface area contributed by atoms with E-state index < -0.39 is 0 Å². The van der Waals surface area contributed by atoms with Crippen LogP contribution in [0.4, 0.5) is 4.79 Å². The second-order valence-electron chi connectivity index (χ2n) is 11.6. The summed E-state index contributed by atoms with van der Waals surface area (Å²) in [4.78, 5) is 14.6. The molecule has 31 heavy (non-hydrogen) atoms. The molecular weight excluding hydrogens is 386 g/mol. The first-order valence-electron chi connectivity index (χ1n) is 13.2. The number of carbonyl (C=O) groups is 1. The van der Waals surface area contributed by atoms with Crippen LogP contribution in [0.1, 0.15) is 64.2 Å². The van der Waals surface area contributed by atoms with Gasteiger partial charge in [-0.25, -0.2) is 4.79 Å². The highest BCUT2D eigenvalue weighted by molar-refractivity contribution is 5.74. The zero-order valence-electron chi connectivity index (χ0n) is 19.1. The number of ether oxygens (including phenoxy) is 1. The lowest BCUT2D eigenvalue weighted by Crippen LogP contribution is -2.69. The molecule has 1 saturated heterocycles. The van der Waals surface area contributed by atoms with Crippen LogP contribution in [0.3, 0.4) is 0 Å². The second kappa shape index (κ2) is 8.06. The maximum atomic E-state index is 12.6. The number of nitrogens with two attached hydrogens (primary N) is 1. The Labute approximate surface area is 187 Å². The molecule has 4 saturated carbocycles. The van der Waals surface area contributed by atoms with Gasteiger partial charge in [0.15, 0.2) is 0 Å². The topological polar surface area (TPSA) is 67.6 Å². The van der Waals surface area contributed by atoms with Crippen LogP contribution in [0.5, 0.6) is 0 Å². The van der Waals surface area contributed by atoms with Crippen molar-refractivity contribution in [2.75, 3.05) is 32.8 Å². The van der Waals surface area contributed by atoms with Gasteiger partial charge >= 0.3 is 6.03 Å². The number of hydrogen-bond donors (Lipinski definition) is 2. The van der Waals surface area contributed by atoms with E-state index in [4.69, 9.17) is 10.5 Å². The highest BCUT2D eigenvalue weighted by atomic mass is 16.5. The minimum Gasteiger partial charge on any atom is -0.373 e. The van der Waals surface area contributed by atoms with Crippen molar-refractivity contribution < 1.29 is 9.53 Å². The van der Waals surface area contributed by atoms with E-state index in [1.807, 2.05) is 4.90 Å². The number of primary amides is 1. The van der Waals surface area contributed by atoms with Crippen LogP contribution >= 0.6 is 0 Å². The third-order valence-corrected chi connectivity index (χ3v) is 10.7. The lowest BCUT2D eigenvalue weighted by atomic mass is 9.51. The molecule has 0 aromatic carbocycles. The summed E-state index contributed by atoms with van der Waals surface area (Å²) in [7, 11) is 0. The molecule has 5 fully saturated rings. The average Bonchev–Trinajstić information content (AvgIpc) is 3.50. The Morgan fingerprint density at radius 1 is 1.00 bits per heavy atom. The number of amides is 2. The lowest BCUT2D eigenvalue weighted by molar-refractivity contribution is -0.0508. The summed E-state index contributed by atoms with van der Waals surface area (Å²) < 4.78 is 5.77. The van der Waals surface area contributed by atoms with E-state index in [0.29, 0.717) is 25.7 Å². The summed E-state index contributed by atoms with van der Waals surface area (Å²) in [6, 6.07) is -0.250. The number of nitrogens with one attached hydrogen (secondary N) is 1. The Kier molecular flexibility index (Phi) is 5.33. The maximum Gasteiger partial charge on any atom is 0.315 e. The molecule has 4 aliphatic carbocycles. The van der Waals surface area contributed by atoms with Gasteiger partial charge in [0.2, 0.25) is 0 Å². The monoisotopic (exact) mass is 427 g/mol. The standard InChI is InChI=1S/C26H41N3O2/c27-25(30)29-12-11-28-16-26(29,20-10-13-31-15-20)19-6-9-22-18(14-19)5-8-23-21-3-1-2-17(21)4-7-24(22)23/h10,17-19,21-24,28H,1-9,11-16H2,(H2,27,30). The maximum absolute atomic E-state index is 12.6. The van der Waals surface area contributed by atoms with Gasteiger partial charge in [-0.2, -0.15) is 0 Å². The molecule has 6 rings (SSSR count). The van der Waals surface area contributed by atoms with Crippen LogP contribution in [0.25, 0.3) is 0 Å². The van der Waals surface area contributed by atoms with Gasteiger partial charge in [0.05, 0.1) is 18.8 Å². The molecule has 172 valence electrons. The van der Waals surface area contributed by atoms with Gasteiger partial charge in [-0.15, -0.1) is 0 Å². The van der Waals surface area contributed by atoms with Crippen LogP contribution in [0.15, 0.2) is 11.6 Å². The highest BCUT2D eigenvalue weighted by Crippen LogP contribution is 2.59. The SMILES string of the molecule is NC(=O)N1CCNCC1(C1=CCOC1)C1CCC2C(CCC3C4CCCC4CCC23)C1. The molecule has 0 aromatic heterocycles. The highest BCUT2D eigenvalue weighted by Gasteiger charge is 2.55. The molecule has 5 heteroatoms. The van der Waals surface area contributed by atoms with Crippen LogP contribution in [-0.4, -0.2) is 49.3 Å². The normalized spacial score (nSPS) is 47.3. The first kappa shape index (κ1) is 20.5. The summed E-state index contributed by atoms with van der Waals surface area (Å²) in [5, 5.41) is 3.63. The number of rotatable bonds is 2. The fraction of sp³-hybridized carbons (Fsp3) is 0.885. The molecule has 0 bridgehead atoms. The predicted octanol–water partition coefficient (Wildman–Crippen LogP) is 3.93. The number of urea groups is 1. The largest absolute Gasteiger partial charge is 0.373 e. The van der Waals surface area contributed by atoms with Gasteiger partial charge in [-0.05, 0) is 98.4 Å². The molecule has 0 aromatic rings. The number of carbonyl (C=O) groups excluding carboxylic acids is 1. The van der Waals surface area contributed by atoms with E-state index in [2.05, 4.69) is 11.4 Å². The summed E-state index contributed by atoms with van der Waals surface area (Å²) in [5.41, 5.74) is 7.01. The van der Waals surface area contributed by atoms with Crippen molar-refractivity contribution in [3.05, 3.63) is 11.6 Å². The van der Waals surface area contributed by atoms with E-state index in [1.54, 1.807) is 0 Å². The van der Waals surface area contributed by atoms with Gasteiger partial charge in [-0.1, -0.05) is 18.9 Å². The molecule has 0 spiro atoms. The zero-order valence-corrected chi connectivity index (χ0v) is 19.1. The minimum atomic E-state index is -0.272. The van der Waals surface area contributed by atoms with E-state index in [-0.39, 0.29) is 11.6 Å². The van der Waals surface area contributed by atoms with E-state index in [9.17, 15) is 4.79 Å². The molecule has 0 radical (unpaired) electrons. The average molecular weight is 428 g/mol. The Hall–Kier alpha value is -1.07. The molecule has 2 heterocycles. The number of piperazine rings is 1. The Bertz CT molecular complexity index is 738. The van der Waals surface area contributed by atoms with E-state index in [1.165, 1.54) is 69.8 Å². The van der Waals surface area contributed by atoms with Gasteiger partial charge in [0, 0.05) is 19.6 Å². The lowest BCUT2D eigenvalue weighted by Gasteiger charge is -2.58. The molecule has 8 unspecified atom stereocenters. The van der Waals surface area contributed by atoms with Gasteiger partial charge in [-0.3, -0.25) is 0 Å². The smallest absolute Gasteiger partial charge is 0.315 e. The van der Waals surface area contributed by atoms with Crippen LogP contribution in [-0.2, 0) is 4.74 Å². The molecule has 3 N–H and O–H groups in total. The number of hydrogen-bond acceptors (Lipinski definition) is 3. The fourth-order valence-electron chi connectivity index (χ4n) is 9.58. The summed E-state index contributed by atoms with van der Waals surface area (Å²) >= 11 is 0. The second-order valence-corrected chi connectivity index (χ2v) is 11.6. The van der Waals surface area contributed by atoms with Crippen LogP contribution in [0.2, 0.25) is 0 Å². The first-order chi connectivity index (χ1) is 15.2. The molecule has 5 nitrogen and oxygen atoms in total. The summed E-state index contributed by atoms with van der Waals surface area (Å²) in [6.45, 7) is 3.72.